The highest BCUT2D eigenvalue weighted by molar-refractivity contribution is 9.10. The maximum atomic E-state index is 12.1. The lowest BCUT2D eigenvalue weighted by atomic mass is 10.2. The van der Waals surface area contributed by atoms with Crippen molar-refractivity contribution in [2.75, 3.05) is 10.5 Å². The van der Waals surface area contributed by atoms with E-state index in [0.717, 1.165) is 15.6 Å². The minimum Gasteiger partial charge on any atom is -0.282 e. The van der Waals surface area contributed by atoms with Crippen molar-refractivity contribution in [1.29, 1.82) is 0 Å². The van der Waals surface area contributed by atoms with Gasteiger partial charge in [0.2, 0.25) is 10.0 Å². The third kappa shape index (κ3) is 4.31. The standard InChI is InChI=1S/C14H15BrN2O2S/c1-11-2-3-13(15)14(10-11)17-20(18,19)9-6-12-4-7-16-8-5-12/h2-5,7-8,10,17H,6,9H2,1H3. The fraction of sp³-hybridized carbons (Fsp3) is 0.214. The molecule has 6 heteroatoms. The summed E-state index contributed by atoms with van der Waals surface area (Å²) in [5.74, 6) is 0.0391. The lowest BCUT2D eigenvalue weighted by molar-refractivity contribution is 0.600. The molecule has 2 rings (SSSR count). The summed E-state index contributed by atoms with van der Waals surface area (Å²) in [4.78, 5) is 3.91. The van der Waals surface area contributed by atoms with Crippen LogP contribution in [0.15, 0.2) is 47.2 Å². The molecule has 0 aliphatic heterocycles. The van der Waals surface area contributed by atoms with Crippen LogP contribution in [0.3, 0.4) is 0 Å². The first-order valence-corrected chi connectivity index (χ1v) is 8.56. The summed E-state index contributed by atoms with van der Waals surface area (Å²) in [6, 6.07) is 9.18. The molecule has 4 nitrogen and oxygen atoms in total. The summed E-state index contributed by atoms with van der Waals surface area (Å²) >= 11 is 3.34. The Kier molecular flexibility index (Phi) is 4.77. The van der Waals surface area contributed by atoms with Gasteiger partial charge >= 0.3 is 0 Å². The Morgan fingerprint density at radius 1 is 1.20 bits per heavy atom. The van der Waals surface area contributed by atoms with Crippen molar-refractivity contribution in [3.8, 4) is 0 Å². The predicted molar refractivity (Wildman–Crippen MR) is 84.2 cm³/mol. The molecule has 1 aromatic carbocycles. The monoisotopic (exact) mass is 354 g/mol. The quantitative estimate of drug-likeness (QED) is 0.897. The van der Waals surface area contributed by atoms with Gasteiger partial charge < -0.3 is 0 Å². The molecule has 0 saturated carbocycles. The number of aryl methyl sites for hydroxylation is 2. The van der Waals surface area contributed by atoms with Gasteiger partial charge in [0, 0.05) is 16.9 Å². The van der Waals surface area contributed by atoms with E-state index in [4.69, 9.17) is 0 Å². The van der Waals surface area contributed by atoms with Crippen molar-refractivity contribution in [2.24, 2.45) is 0 Å². The van der Waals surface area contributed by atoms with E-state index in [1.54, 1.807) is 18.5 Å². The Morgan fingerprint density at radius 2 is 1.90 bits per heavy atom. The van der Waals surface area contributed by atoms with Gasteiger partial charge in [0.05, 0.1) is 11.4 Å². The SMILES string of the molecule is Cc1ccc(Br)c(NS(=O)(=O)CCc2ccncc2)c1. The number of anilines is 1. The van der Waals surface area contributed by atoms with E-state index < -0.39 is 10.0 Å². The average molecular weight is 355 g/mol. The number of pyridine rings is 1. The fourth-order valence-electron chi connectivity index (χ4n) is 1.74. The van der Waals surface area contributed by atoms with Crippen molar-refractivity contribution >= 4 is 31.6 Å². The third-order valence-corrected chi connectivity index (χ3v) is 4.76. The van der Waals surface area contributed by atoms with Crippen LogP contribution in [0.25, 0.3) is 0 Å². The largest absolute Gasteiger partial charge is 0.282 e. The minimum atomic E-state index is -3.37. The van der Waals surface area contributed by atoms with Crippen molar-refractivity contribution in [3.05, 3.63) is 58.3 Å². The van der Waals surface area contributed by atoms with Crippen molar-refractivity contribution in [3.63, 3.8) is 0 Å². The van der Waals surface area contributed by atoms with Gasteiger partial charge in [-0.25, -0.2) is 8.42 Å². The number of benzene rings is 1. The first-order chi connectivity index (χ1) is 9.46. The number of nitrogens with zero attached hydrogens (tertiary/aromatic N) is 1. The zero-order chi connectivity index (χ0) is 14.6. The second-order valence-corrected chi connectivity index (χ2v) is 7.21. The molecule has 1 heterocycles. The Bertz CT molecular complexity index is 688. The third-order valence-electron chi connectivity index (χ3n) is 2.80. The second-order valence-electron chi connectivity index (χ2n) is 4.51. The number of aromatic nitrogens is 1. The summed E-state index contributed by atoms with van der Waals surface area (Å²) in [7, 11) is -3.37. The highest BCUT2D eigenvalue weighted by Gasteiger charge is 2.12. The van der Waals surface area contributed by atoms with Crippen LogP contribution in [0.5, 0.6) is 0 Å². The lowest BCUT2D eigenvalue weighted by Gasteiger charge is -2.10. The van der Waals surface area contributed by atoms with Gasteiger partial charge in [-0.2, -0.15) is 0 Å². The molecule has 0 bridgehead atoms. The van der Waals surface area contributed by atoms with Crippen molar-refractivity contribution in [1.82, 2.24) is 4.98 Å². The zero-order valence-electron chi connectivity index (χ0n) is 11.0. The molecule has 0 saturated heterocycles. The molecule has 0 aliphatic rings. The number of sulfonamides is 1. The zero-order valence-corrected chi connectivity index (χ0v) is 13.4. The summed E-state index contributed by atoms with van der Waals surface area (Å²) in [5.41, 5.74) is 2.52. The topological polar surface area (TPSA) is 59.1 Å². The van der Waals surface area contributed by atoms with Crippen molar-refractivity contribution in [2.45, 2.75) is 13.3 Å². The molecule has 0 fully saturated rings. The van der Waals surface area contributed by atoms with Crippen LogP contribution in [0, 0.1) is 6.92 Å². The minimum absolute atomic E-state index is 0.0391. The number of halogens is 1. The summed E-state index contributed by atoms with van der Waals surface area (Å²) < 4.78 is 27.5. The van der Waals surface area contributed by atoms with Gasteiger partial charge in [0.15, 0.2) is 0 Å². The van der Waals surface area contributed by atoms with E-state index >= 15 is 0 Å². The molecule has 0 spiro atoms. The molecule has 0 aliphatic carbocycles. The van der Waals surface area contributed by atoms with Crippen LogP contribution in [0.4, 0.5) is 5.69 Å². The second kappa shape index (κ2) is 6.37. The molecule has 2 aromatic rings. The smallest absolute Gasteiger partial charge is 0.233 e. The molecule has 0 atom stereocenters. The first kappa shape index (κ1) is 15.0. The van der Waals surface area contributed by atoms with E-state index in [-0.39, 0.29) is 5.75 Å². The Morgan fingerprint density at radius 3 is 2.60 bits per heavy atom. The van der Waals surface area contributed by atoms with E-state index in [1.165, 1.54) is 0 Å². The Labute approximate surface area is 127 Å². The van der Waals surface area contributed by atoms with Crippen LogP contribution in [0.2, 0.25) is 0 Å². The van der Waals surface area contributed by atoms with E-state index in [9.17, 15) is 8.42 Å². The molecular formula is C14H15BrN2O2S. The Balaban J connectivity index is 2.06. The van der Waals surface area contributed by atoms with Gasteiger partial charge in [-0.05, 0) is 64.7 Å². The maximum Gasteiger partial charge on any atom is 0.233 e. The number of hydrogen-bond donors (Lipinski definition) is 1. The maximum absolute atomic E-state index is 12.1. The van der Waals surface area contributed by atoms with Gasteiger partial charge in [-0.1, -0.05) is 6.07 Å². The summed E-state index contributed by atoms with van der Waals surface area (Å²) in [6.07, 6.45) is 3.78. The highest BCUT2D eigenvalue weighted by atomic mass is 79.9. The molecule has 0 unspecified atom stereocenters. The molecule has 0 amide bonds. The normalized spacial score (nSPS) is 11.3. The van der Waals surface area contributed by atoms with E-state index in [1.807, 2.05) is 31.2 Å². The average Bonchev–Trinajstić information content (AvgIpc) is 2.42. The van der Waals surface area contributed by atoms with Crippen molar-refractivity contribution < 1.29 is 8.42 Å². The molecule has 20 heavy (non-hydrogen) atoms. The van der Waals surface area contributed by atoms with Crippen LogP contribution < -0.4 is 4.72 Å². The molecule has 1 aromatic heterocycles. The van der Waals surface area contributed by atoms with Crippen LogP contribution in [0.1, 0.15) is 11.1 Å². The molecular weight excluding hydrogens is 340 g/mol. The van der Waals surface area contributed by atoms with Gasteiger partial charge in [-0.15, -0.1) is 0 Å². The predicted octanol–water partition coefficient (Wildman–Crippen LogP) is 3.14. The fourth-order valence-corrected chi connectivity index (χ4v) is 3.32. The summed E-state index contributed by atoms with van der Waals surface area (Å²) in [6.45, 7) is 1.92. The van der Waals surface area contributed by atoms with Gasteiger partial charge in [0.1, 0.15) is 0 Å². The lowest BCUT2D eigenvalue weighted by Crippen LogP contribution is -2.18. The van der Waals surface area contributed by atoms with Gasteiger partial charge in [0.25, 0.3) is 0 Å². The number of hydrogen-bond acceptors (Lipinski definition) is 3. The molecule has 1 N–H and O–H groups in total. The highest BCUT2D eigenvalue weighted by Crippen LogP contribution is 2.24. The molecule has 0 radical (unpaired) electrons. The van der Waals surface area contributed by atoms with E-state index in [2.05, 4.69) is 25.6 Å². The van der Waals surface area contributed by atoms with E-state index in [0.29, 0.717) is 12.1 Å². The van der Waals surface area contributed by atoms with Crippen LogP contribution in [-0.4, -0.2) is 19.2 Å². The van der Waals surface area contributed by atoms with Crippen LogP contribution >= 0.6 is 15.9 Å². The number of nitrogens with one attached hydrogen (secondary N) is 1. The van der Waals surface area contributed by atoms with Gasteiger partial charge in [-0.3, -0.25) is 9.71 Å². The first-order valence-electron chi connectivity index (χ1n) is 6.12. The summed E-state index contributed by atoms with van der Waals surface area (Å²) in [5, 5.41) is 0. The number of rotatable bonds is 5. The Hall–Kier alpha value is -1.40. The van der Waals surface area contributed by atoms with Crippen LogP contribution in [-0.2, 0) is 16.4 Å². The molecule has 106 valence electrons.